The number of hydrogen-bond donors (Lipinski definition) is 1. The van der Waals surface area contributed by atoms with Crippen molar-refractivity contribution in [3.63, 3.8) is 0 Å². The van der Waals surface area contributed by atoms with Crippen LogP contribution >= 0.6 is 0 Å². The van der Waals surface area contributed by atoms with Crippen LogP contribution in [0.15, 0.2) is 85.2 Å². The molecular weight excluding hydrogens is 308 g/mol. The number of aromatic nitrogens is 2. The summed E-state index contributed by atoms with van der Waals surface area (Å²) in [5.41, 5.74) is 2.97. The normalized spacial score (nSPS) is 11.7. The molecule has 2 aromatic heterocycles. The van der Waals surface area contributed by atoms with Crippen LogP contribution in [-0.2, 0) is 12.0 Å². The van der Waals surface area contributed by atoms with Crippen molar-refractivity contribution in [3.05, 3.63) is 96.3 Å². The zero-order chi connectivity index (χ0) is 17.3. The lowest BCUT2D eigenvalue weighted by Crippen LogP contribution is -2.29. The van der Waals surface area contributed by atoms with Crippen LogP contribution in [0.25, 0.3) is 10.9 Å². The van der Waals surface area contributed by atoms with Crippen molar-refractivity contribution in [3.8, 4) is 5.88 Å². The van der Waals surface area contributed by atoms with Crippen LogP contribution in [0.5, 0.6) is 5.88 Å². The molecule has 0 saturated heterocycles. The van der Waals surface area contributed by atoms with E-state index in [1.165, 1.54) is 11.1 Å². The molecule has 3 heteroatoms. The molecule has 0 bridgehead atoms. The molecule has 4 rings (SSSR count). The first kappa shape index (κ1) is 15.5. The molecule has 4 aromatic rings. The van der Waals surface area contributed by atoms with Gasteiger partial charge in [-0.25, -0.2) is 0 Å². The summed E-state index contributed by atoms with van der Waals surface area (Å²) >= 11 is 0. The van der Waals surface area contributed by atoms with Crippen molar-refractivity contribution >= 4 is 10.9 Å². The highest BCUT2D eigenvalue weighted by Crippen LogP contribution is 2.36. The van der Waals surface area contributed by atoms with E-state index in [2.05, 4.69) is 60.4 Å². The summed E-state index contributed by atoms with van der Waals surface area (Å²) in [6.07, 6.45) is 3.68. The van der Waals surface area contributed by atoms with E-state index in [4.69, 9.17) is 0 Å². The third-order valence-corrected chi connectivity index (χ3v) is 4.94. The monoisotopic (exact) mass is 328 g/mol. The number of aromatic hydroxyl groups is 1. The lowest BCUT2D eigenvalue weighted by molar-refractivity contribution is 0.384. The standard InChI is InChI=1S/C22H20N2O/c1-22(17-9-4-2-5-10-17,18-11-6-3-7-12-18)16-24-15-20-19(21(24)25)13-8-14-23-20/h2-15,25H,16H2,1H3. The van der Waals surface area contributed by atoms with E-state index in [9.17, 15) is 5.11 Å². The molecule has 25 heavy (non-hydrogen) atoms. The first-order chi connectivity index (χ1) is 12.2. The highest BCUT2D eigenvalue weighted by molar-refractivity contribution is 5.84. The largest absolute Gasteiger partial charge is 0.494 e. The Balaban J connectivity index is 1.85. The van der Waals surface area contributed by atoms with Crippen molar-refractivity contribution < 1.29 is 5.11 Å². The fraction of sp³-hybridized carbons (Fsp3) is 0.136. The zero-order valence-corrected chi connectivity index (χ0v) is 14.1. The van der Waals surface area contributed by atoms with E-state index in [-0.39, 0.29) is 11.3 Å². The molecule has 0 spiro atoms. The van der Waals surface area contributed by atoms with Crippen molar-refractivity contribution in [1.82, 2.24) is 9.55 Å². The van der Waals surface area contributed by atoms with Gasteiger partial charge in [0.1, 0.15) is 0 Å². The van der Waals surface area contributed by atoms with Gasteiger partial charge in [-0.15, -0.1) is 0 Å². The number of benzene rings is 2. The quantitative estimate of drug-likeness (QED) is 0.587. The molecule has 2 heterocycles. The Hall–Kier alpha value is -3.07. The van der Waals surface area contributed by atoms with Crippen LogP contribution in [0.3, 0.4) is 0 Å². The highest BCUT2D eigenvalue weighted by atomic mass is 16.3. The van der Waals surface area contributed by atoms with Crippen LogP contribution in [0.2, 0.25) is 0 Å². The van der Waals surface area contributed by atoms with Crippen molar-refractivity contribution in [2.24, 2.45) is 0 Å². The van der Waals surface area contributed by atoms with Gasteiger partial charge < -0.3 is 9.67 Å². The summed E-state index contributed by atoms with van der Waals surface area (Å²) in [7, 11) is 0. The lowest BCUT2D eigenvalue weighted by atomic mass is 9.76. The summed E-state index contributed by atoms with van der Waals surface area (Å²) in [4.78, 5) is 4.36. The van der Waals surface area contributed by atoms with Crippen LogP contribution in [-0.4, -0.2) is 14.7 Å². The van der Waals surface area contributed by atoms with Crippen LogP contribution in [0, 0.1) is 0 Å². The Bertz CT molecular complexity index is 951. The minimum Gasteiger partial charge on any atom is -0.494 e. The maximum absolute atomic E-state index is 10.7. The Morgan fingerprint density at radius 1 is 0.880 bits per heavy atom. The van der Waals surface area contributed by atoms with Gasteiger partial charge >= 0.3 is 0 Å². The topological polar surface area (TPSA) is 38.0 Å². The van der Waals surface area contributed by atoms with Crippen LogP contribution < -0.4 is 0 Å². The first-order valence-corrected chi connectivity index (χ1v) is 8.42. The fourth-order valence-corrected chi connectivity index (χ4v) is 3.50. The molecule has 1 N–H and O–H groups in total. The summed E-state index contributed by atoms with van der Waals surface area (Å²) in [5, 5.41) is 11.5. The van der Waals surface area contributed by atoms with Crippen LogP contribution in [0.4, 0.5) is 0 Å². The van der Waals surface area contributed by atoms with Crippen molar-refractivity contribution in [2.75, 3.05) is 0 Å². The second kappa shape index (κ2) is 6.10. The first-order valence-electron chi connectivity index (χ1n) is 8.42. The van der Waals surface area contributed by atoms with E-state index in [0.29, 0.717) is 6.54 Å². The molecule has 0 aliphatic rings. The van der Waals surface area contributed by atoms with Gasteiger partial charge in [-0.05, 0) is 30.2 Å². The number of fused-ring (bicyclic) bond motifs is 1. The third-order valence-electron chi connectivity index (χ3n) is 4.94. The lowest BCUT2D eigenvalue weighted by Gasteiger charge is -2.31. The van der Waals surface area contributed by atoms with E-state index in [0.717, 1.165) is 10.9 Å². The minimum atomic E-state index is -0.269. The highest BCUT2D eigenvalue weighted by Gasteiger charge is 2.30. The van der Waals surface area contributed by atoms with Crippen molar-refractivity contribution in [2.45, 2.75) is 18.9 Å². The Morgan fingerprint density at radius 3 is 2.04 bits per heavy atom. The molecule has 0 atom stereocenters. The van der Waals surface area contributed by atoms with Crippen molar-refractivity contribution in [1.29, 1.82) is 0 Å². The third kappa shape index (κ3) is 2.68. The Kier molecular flexibility index (Phi) is 3.77. The Morgan fingerprint density at radius 2 is 1.48 bits per heavy atom. The van der Waals surface area contributed by atoms with Gasteiger partial charge in [0.25, 0.3) is 0 Å². The molecule has 0 radical (unpaired) electrons. The molecule has 0 unspecified atom stereocenters. The van der Waals surface area contributed by atoms with Gasteiger partial charge in [0.2, 0.25) is 5.88 Å². The molecule has 0 amide bonds. The van der Waals surface area contributed by atoms with E-state index in [1.54, 1.807) is 6.20 Å². The Labute approximate surface area is 147 Å². The molecule has 0 aliphatic heterocycles. The average Bonchev–Trinajstić information content (AvgIpc) is 2.99. The smallest absolute Gasteiger partial charge is 0.200 e. The van der Waals surface area contributed by atoms with Gasteiger partial charge in [0.15, 0.2) is 0 Å². The number of pyridine rings is 1. The number of nitrogens with zero attached hydrogens (tertiary/aromatic N) is 2. The molecule has 2 aromatic carbocycles. The molecule has 0 aliphatic carbocycles. The summed E-state index contributed by atoms with van der Waals surface area (Å²) in [5.74, 6) is 0.265. The summed E-state index contributed by atoms with van der Waals surface area (Å²) < 4.78 is 1.90. The van der Waals surface area contributed by atoms with Crippen LogP contribution in [0.1, 0.15) is 18.1 Å². The second-order valence-electron chi connectivity index (χ2n) is 6.58. The molecular formula is C22H20N2O. The van der Waals surface area contributed by atoms with Gasteiger partial charge in [-0.3, -0.25) is 4.98 Å². The fourth-order valence-electron chi connectivity index (χ4n) is 3.50. The average molecular weight is 328 g/mol. The maximum atomic E-state index is 10.7. The van der Waals surface area contributed by atoms with Gasteiger partial charge in [-0.1, -0.05) is 60.7 Å². The zero-order valence-electron chi connectivity index (χ0n) is 14.1. The van der Waals surface area contributed by atoms with Gasteiger partial charge in [-0.2, -0.15) is 0 Å². The molecule has 124 valence electrons. The predicted molar refractivity (Wildman–Crippen MR) is 101 cm³/mol. The van der Waals surface area contributed by atoms with E-state index < -0.39 is 0 Å². The minimum absolute atomic E-state index is 0.265. The second-order valence-corrected chi connectivity index (χ2v) is 6.58. The maximum Gasteiger partial charge on any atom is 0.200 e. The van der Waals surface area contributed by atoms with E-state index >= 15 is 0 Å². The molecule has 0 saturated carbocycles. The SMILES string of the molecule is CC(Cn1cc2ncccc2c1O)(c1ccccc1)c1ccccc1. The summed E-state index contributed by atoms with van der Waals surface area (Å²) in [6.45, 7) is 2.85. The van der Waals surface area contributed by atoms with Gasteiger partial charge in [0.05, 0.1) is 10.9 Å². The molecule has 0 fully saturated rings. The summed E-state index contributed by atoms with van der Waals surface area (Å²) in [6, 6.07) is 24.6. The number of rotatable bonds is 4. The number of hydrogen-bond acceptors (Lipinski definition) is 2. The van der Waals surface area contributed by atoms with Gasteiger partial charge in [0, 0.05) is 24.4 Å². The predicted octanol–water partition coefficient (Wildman–Crippen LogP) is 4.75. The van der Waals surface area contributed by atoms with E-state index in [1.807, 2.05) is 35.0 Å². The molecule has 3 nitrogen and oxygen atoms in total.